The molecule has 8 heteroatoms. The highest BCUT2D eigenvalue weighted by atomic mass is 16.2. The molecular formula is C17H21N7O. The number of carbonyl (C=O) groups is 1. The minimum Gasteiger partial charge on any atom is -0.334 e. The summed E-state index contributed by atoms with van der Waals surface area (Å²) in [7, 11) is 0. The van der Waals surface area contributed by atoms with Crippen LogP contribution in [0.5, 0.6) is 0 Å². The molecule has 0 bridgehead atoms. The molecule has 2 amide bonds. The van der Waals surface area contributed by atoms with Crippen LogP contribution in [0.2, 0.25) is 0 Å². The van der Waals surface area contributed by atoms with Crippen LogP contribution in [0.15, 0.2) is 55.4 Å². The van der Waals surface area contributed by atoms with Crippen molar-refractivity contribution in [3.8, 4) is 0 Å². The third-order valence-corrected chi connectivity index (χ3v) is 3.71. The molecule has 3 aromatic rings. The molecule has 0 saturated carbocycles. The first-order valence-corrected chi connectivity index (χ1v) is 8.11. The highest BCUT2D eigenvalue weighted by molar-refractivity contribution is 5.74. The van der Waals surface area contributed by atoms with Crippen molar-refractivity contribution in [2.24, 2.45) is 0 Å². The van der Waals surface area contributed by atoms with Crippen molar-refractivity contribution < 1.29 is 4.79 Å². The molecule has 25 heavy (non-hydrogen) atoms. The molecule has 8 nitrogen and oxygen atoms in total. The molecule has 0 unspecified atom stereocenters. The monoisotopic (exact) mass is 339 g/mol. The first-order chi connectivity index (χ1) is 12.2. The van der Waals surface area contributed by atoms with Crippen molar-refractivity contribution in [1.82, 2.24) is 34.9 Å². The van der Waals surface area contributed by atoms with Gasteiger partial charge in [0.05, 0.1) is 13.1 Å². The van der Waals surface area contributed by atoms with Gasteiger partial charge >= 0.3 is 6.03 Å². The molecule has 0 aliphatic heterocycles. The lowest BCUT2D eigenvalue weighted by atomic mass is 10.2. The molecule has 1 aromatic carbocycles. The predicted molar refractivity (Wildman–Crippen MR) is 92.6 cm³/mol. The number of urea groups is 1. The molecule has 1 atom stereocenters. The summed E-state index contributed by atoms with van der Waals surface area (Å²) in [6.07, 6.45) is 6.75. The van der Waals surface area contributed by atoms with Crippen LogP contribution in [-0.4, -0.2) is 36.4 Å². The van der Waals surface area contributed by atoms with Gasteiger partial charge in [-0.25, -0.2) is 14.8 Å². The Kier molecular flexibility index (Phi) is 5.40. The predicted octanol–water partition coefficient (Wildman–Crippen LogP) is 1.41. The van der Waals surface area contributed by atoms with Crippen molar-refractivity contribution in [1.29, 1.82) is 0 Å². The number of rotatable bonds is 7. The number of amides is 2. The normalized spacial score (nSPS) is 11.9. The fourth-order valence-electron chi connectivity index (χ4n) is 2.52. The van der Waals surface area contributed by atoms with Crippen molar-refractivity contribution in [2.75, 3.05) is 0 Å². The molecule has 2 N–H and O–H groups in total. The van der Waals surface area contributed by atoms with Crippen molar-refractivity contribution in [3.63, 3.8) is 0 Å². The van der Waals surface area contributed by atoms with Crippen molar-refractivity contribution in [2.45, 2.75) is 32.6 Å². The molecule has 130 valence electrons. The van der Waals surface area contributed by atoms with Gasteiger partial charge in [0.25, 0.3) is 0 Å². The zero-order chi connectivity index (χ0) is 17.5. The SMILES string of the molecule is C[C@@H](Cn1cncn1)NC(=O)NCc1nccn1Cc1ccccc1. The average molecular weight is 339 g/mol. The van der Waals surface area contributed by atoms with Gasteiger partial charge in [-0.15, -0.1) is 0 Å². The van der Waals surface area contributed by atoms with E-state index in [0.717, 1.165) is 12.4 Å². The van der Waals surface area contributed by atoms with Gasteiger partial charge in [0.2, 0.25) is 0 Å². The highest BCUT2D eigenvalue weighted by Gasteiger charge is 2.10. The van der Waals surface area contributed by atoms with E-state index in [2.05, 4.69) is 37.8 Å². The Balaban J connectivity index is 1.48. The number of aromatic nitrogens is 5. The van der Waals surface area contributed by atoms with Gasteiger partial charge in [-0.05, 0) is 12.5 Å². The molecule has 2 heterocycles. The Morgan fingerprint density at radius 3 is 2.88 bits per heavy atom. The molecule has 0 saturated heterocycles. The van der Waals surface area contributed by atoms with E-state index in [1.165, 1.54) is 11.9 Å². The fraction of sp³-hybridized carbons (Fsp3) is 0.294. The molecule has 0 aliphatic rings. The Hall–Kier alpha value is -3.16. The maximum absolute atomic E-state index is 12.0. The number of imidazole rings is 1. The third-order valence-electron chi connectivity index (χ3n) is 3.71. The maximum Gasteiger partial charge on any atom is 0.315 e. The van der Waals surface area contributed by atoms with Gasteiger partial charge in [-0.2, -0.15) is 5.10 Å². The van der Waals surface area contributed by atoms with E-state index < -0.39 is 0 Å². The number of benzene rings is 1. The summed E-state index contributed by atoms with van der Waals surface area (Å²) >= 11 is 0. The second-order valence-electron chi connectivity index (χ2n) is 5.80. The molecule has 0 spiro atoms. The molecular weight excluding hydrogens is 318 g/mol. The van der Waals surface area contributed by atoms with Gasteiger partial charge in [0, 0.05) is 25.0 Å². The summed E-state index contributed by atoms with van der Waals surface area (Å²) in [6, 6.07) is 9.84. The van der Waals surface area contributed by atoms with E-state index in [-0.39, 0.29) is 12.1 Å². The van der Waals surface area contributed by atoms with E-state index in [1.54, 1.807) is 17.2 Å². The Morgan fingerprint density at radius 1 is 1.28 bits per heavy atom. The van der Waals surface area contributed by atoms with Gasteiger partial charge in [0.15, 0.2) is 0 Å². The quantitative estimate of drug-likeness (QED) is 0.681. The smallest absolute Gasteiger partial charge is 0.315 e. The van der Waals surface area contributed by atoms with Crippen molar-refractivity contribution >= 4 is 6.03 Å². The summed E-state index contributed by atoms with van der Waals surface area (Å²) in [4.78, 5) is 20.2. The van der Waals surface area contributed by atoms with E-state index in [4.69, 9.17) is 0 Å². The third kappa shape index (κ3) is 4.90. The second kappa shape index (κ2) is 8.09. The summed E-state index contributed by atoms with van der Waals surface area (Å²) in [6.45, 7) is 3.57. The molecule has 0 fully saturated rings. The minimum absolute atomic E-state index is 0.0641. The molecule has 0 aliphatic carbocycles. The fourth-order valence-corrected chi connectivity index (χ4v) is 2.52. The largest absolute Gasteiger partial charge is 0.334 e. The molecule has 3 rings (SSSR count). The Bertz CT molecular complexity index is 782. The minimum atomic E-state index is -0.234. The first-order valence-electron chi connectivity index (χ1n) is 8.11. The lowest BCUT2D eigenvalue weighted by molar-refractivity contribution is 0.235. The van der Waals surface area contributed by atoms with Crippen LogP contribution in [0.4, 0.5) is 4.79 Å². The summed E-state index contributed by atoms with van der Waals surface area (Å²) in [5.74, 6) is 0.808. The summed E-state index contributed by atoms with van der Waals surface area (Å²) in [5.41, 5.74) is 1.19. The molecule has 0 radical (unpaired) electrons. The van der Waals surface area contributed by atoms with E-state index in [0.29, 0.717) is 13.1 Å². The van der Waals surface area contributed by atoms with E-state index in [9.17, 15) is 4.79 Å². The zero-order valence-corrected chi connectivity index (χ0v) is 14.0. The number of nitrogens with zero attached hydrogens (tertiary/aromatic N) is 5. The first kappa shape index (κ1) is 16.7. The van der Waals surface area contributed by atoms with Crippen LogP contribution in [0, 0.1) is 0 Å². The van der Waals surface area contributed by atoms with Gasteiger partial charge in [-0.3, -0.25) is 4.68 Å². The zero-order valence-electron chi connectivity index (χ0n) is 14.0. The van der Waals surface area contributed by atoms with Crippen LogP contribution in [0.25, 0.3) is 0 Å². The lowest BCUT2D eigenvalue weighted by Crippen LogP contribution is -2.42. The van der Waals surface area contributed by atoms with Crippen LogP contribution in [0.1, 0.15) is 18.3 Å². The maximum atomic E-state index is 12.0. The summed E-state index contributed by atoms with van der Waals surface area (Å²) < 4.78 is 3.70. The standard InChI is InChI=1S/C17H21N7O/c1-14(10-24-13-18-12-21-24)22-17(25)20-9-16-19-7-8-23(16)11-15-5-3-2-4-6-15/h2-8,12-14H,9-11H2,1H3,(H2,20,22,25)/t14-/m0/s1. The second-order valence-corrected chi connectivity index (χ2v) is 5.80. The number of carbonyl (C=O) groups excluding carboxylic acids is 1. The molecule has 2 aromatic heterocycles. The van der Waals surface area contributed by atoms with Crippen molar-refractivity contribution in [3.05, 3.63) is 66.8 Å². The number of nitrogens with one attached hydrogen (secondary N) is 2. The Morgan fingerprint density at radius 2 is 2.12 bits per heavy atom. The number of hydrogen-bond donors (Lipinski definition) is 2. The van der Waals surface area contributed by atoms with E-state index >= 15 is 0 Å². The van der Waals surface area contributed by atoms with Gasteiger partial charge in [-0.1, -0.05) is 30.3 Å². The number of hydrogen-bond acceptors (Lipinski definition) is 4. The van der Waals surface area contributed by atoms with Gasteiger partial charge < -0.3 is 15.2 Å². The van der Waals surface area contributed by atoms with E-state index in [1.807, 2.05) is 35.9 Å². The van der Waals surface area contributed by atoms with Crippen LogP contribution in [0.3, 0.4) is 0 Å². The van der Waals surface area contributed by atoms with Gasteiger partial charge in [0.1, 0.15) is 18.5 Å². The highest BCUT2D eigenvalue weighted by Crippen LogP contribution is 2.05. The van der Waals surface area contributed by atoms with Crippen LogP contribution < -0.4 is 10.6 Å². The van der Waals surface area contributed by atoms with Crippen LogP contribution in [-0.2, 0) is 19.6 Å². The average Bonchev–Trinajstić information content (AvgIpc) is 3.26. The summed E-state index contributed by atoms with van der Waals surface area (Å²) in [5, 5.41) is 9.74. The topological polar surface area (TPSA) is 89.7 Å². The van der Waals surface area contributed by atoms with Crippen LogP contribution >= 0.6 is 0 Å². The Labute approximate surface area is 145 Å². The lowest BCUT2D eigenvalue weighted by Gasteiger charge is -2.15.